The van der Waals surface area contributed by atoms with E-state index in [1.165, 1.54) is 24.3 Å². The van der Waals surface area contributed by atoms with Gasteiger partial charge in [-0.25, -0.2) is 8.42 Å². The number of carbonyl (C=O) groups excluding carboxylic acids is 2. The molecule has 0 bridgehead atoms. The number of hydrogen-bond acceptors (Lipinski definition) is 5. The number of benzene rings is 1. The summed E-state index contributed by atoms with van der Waals surface area (Å²) in [5.74, 6) is -0.513. The molecule has 0 radical (unpaired) electrons. The molecule has 2 heterocycles. The lowest BCUT2D eigenvalue weighted by molar-refractivity contribution is -0.122. The number of nitrogens with one attached hydrogen (secondary N) is 3. The van der Waals surface area contributed by atoms with Gasteiger partial charge in [-0.2, -0.15) is 4.31 Å². The molecule has 1 aromatic carbocycles. The molecular weight excluding hydrogens is 380 g/mol. The van der Waals surface area contributed by atoms with Gasteiger partial charge in [-0.15, -0.1) is 12.4 Å². The van der Waals surface area contributed by atoms with Gasteiger partial charge in [0, 0.05) is 24.7 Å². The van der Waals surface area contributed by atoms with Crippen LogP contribution in [0.2, 0.25) is 0 Å². The van der Waals surface area contributed by atoms with E-state index in [4.69, 9.17) is 0 Å². The zero-order valence-electron chi connectivity index (χ0n) is 14.2. The summed E-state index contributed by atoms with van der Waals surface area (Å²) >= 11 is 0. The van der Waals surface area contributed by atoms with E-state index in [2.05, 4.69) is 16.0 Å². The average Bonchev–Trinajstić information content (AvgIpc) is 2.62. The molecule has 26 heavy (non-hydrogen) atoms. The van der Waals surface area contributed by atoms with Crippen LogP contribution in [-0.2, 0) is 14.8 Å². The topological polar surface area (TPSA) is 108 Å². The van der Waals surface area contributed by atoms with Gasteiger partial charge in [0.25, 0.3) is 5.91 Å². The Labute approximate surface area is 159 Å². The molecule has 2 aliphatic rings. The first-order chi connectivity index (χ1) is 12.0. The summed E-state index contributed by atoms with van der Waals surface area (Å²) in [5.41, 5.74) is 0.425. The zero-order valence-corrected chi connectivity index (χ0v) is 15.9. The second-order valence-corrected chi connectivity index (χ2v) is 8.15. The van der Waals surface area contributed by atoms with Crippen LogP contribution in [0.4, 0.5) is 0 Å². The third kappa shape index (κ3) is 4.73. The number of carbonyl (C=O) groups is 2. The monoisotopic (exact) mass is 402 g/mol. The second kappa shape index (κ2) is 8.81. The van der Waals surface area contributed by atoms with Crippen molar-refractivity contribution in [2.24, 2.45) is 0 Å². The van der Waals surface area contributed by atoms with Crippen LogP contribution < -0.4 is 16.0 Å². The van der Waals surface area contributed by atoms with Gasteiger partial charge < -0.3 is 16.0 Å². The van der Waals surface area contributed by atoms with E-state index in [1.54, 1.807) is 0 Å². The van der Waals surface area contributed by atoms with Crippen molar-refractivity contribution < 1.29 is 18.0 Å². The highest BCUT2D eigenvalue weighted by atomic mass is 35.5. The largest absolute Gasteiger partial charge is 0.354 e. The minimum absolute atomic E-state index is 0. The van der Waals surface area contributed by atoms with Crippen LogP contribution in [0.3, 0.4) is 0 Å². The molecule has 2 aliphatic heterocycles. The molecule has 1 aromatic rings. The molecule has 0 aromatic heterocycles. The molecule has 0 saturated carbocycles. The molecule has 8 nitrogen and oxygen atoms in total. The molecule has 0 spiro atoms. The van der Waals surface area contributed by atoms with Crippen molar-refractivity contribution in [2.75, 3.05) is 32.7 Å². The Hall–Kier alpha value is -1.68. The van der Waals surface area contributed by atoms with Crippen LogP contribution in [0.5, 0.6) is 0 Å². The fraction of sp³-hybridized carbons (Fsp3) is 0.500. The number of halogens is 1. The van der Waals surface area contributed by atoms with Gasteiger partial charge in [0.2, 0.25) is 15.9 Å². The van der Waals surface area contributed by atoms with Crippen molar-refractivity contribution >= 4 is 34.2 Å². The smallest absolute Gasteiger partial charge is 0.251 e. The minimum Gasteiger partial charge on any atom is -0.354 e. The van der Waals surface area contributed by atoms with Crippen molar-refractivity contribution in [2.45, 2.75) is 23.8 Å². The molecule has 2 saturated heterocycles. The normalized spacial score (nSPS) is 19.3. The van der Waals surface area contributed by atoms with E-state index in [1.807, 2.05) is 0 Å². The molecule has 3 N–H and O–H groups in total. The number of piperazine rings is 1. The maximum atomic E-state index is 12.6. The van der Waals surface area contributed by atoms with Gasteiger partial charge in [0.15, 0.2) is 0 Å². The fourth-order valence-corrected chi connectivity index (χ4v) is 4.38. The van der Waals surface area contributed by atoms with Gasteiger partial charge >= 0.3 is 0 Å². The van der Waals surface area contributed by atoms with Crippen LogP contribution >= 0.6 is 12.4 Å². The molecule has 0 aliphatic carbocycles. The van der Waals surface area contributed by atoms with Crippen molar-refractivity contribution in [1.29, 1.82) is 0 Å². The Morgan fingerprint density at radius 2 is 1.77 bits per heavy atom. The Kier molecular flexibility index (Phi) is 6.99. The minimum atomic E-state index is -3.73. The lowest BCUT2D eigenvalue weighted by Crippen LogP contribution is -2.49. The van der Waals surface area contributed by atoms with Crippen molar-refractivity contribution in [3.8, 4) is 0 Å². The SMILES string of the molecule is Cl.O=C1CN(S(=O)(=O)c2ccc(C(=O)NC3CCNCC3)cc2)CCN1. The maximum absolute atomic E-state index is 12.6. The van der Waals surface area contributed by atoms with Crippen LogP contribution in [-0.4, -0.2) is 63.3 Å². The number of hydrogen-bond donors (Lipinski definition) is 3. The third-order valence-electron chi connectivity index (χ3n) is 4.43. The molecule has 0 unspecified atom stereocenters. The standard InChI is InChI=1S/C16H22N4O4S.ClH/c21-15-11-20(10-9-18-15)25(23,24)14-3-1-12(2-4-14)16(22)19-13-5-7-17-8-6-13;/h1-4,13,17H,5-11H2,(H,18,21)(H,19,22);1H. The maximum Gasteiger partial charge on any atom is 0.251 e. The summed E-state index contributed by atoms with van der Waals surface area (Å²) in [5, 5.41) is 8.80. The zero-order chi connectivity index (χ0) is 17.9. The highest BCUT2D eigenvalue weighted by Crippen LogP contribution is 2.17. The number of amides is 2. The van der Waals surface area contributed by atoms with Gasteiger partial charge in [-0.05, 0) is 50.2 Å². The molecule has 0 atom stereocenters. The van der Waals surface area contributed by atoms with E-state index < -0.39 is 10.0 Å². The van der Waals surface area contributed by atoms with Crippen LogP contribution in [0.25, 0.3) is 0 Å². The molecule has 2 amide bonds. The summed E-state index contributed by atoms with van der Waals surface area (Å²) in [6.07, 6.45) is 1.77. The molecule has 2 fully saturated rings. The van der Waals surface area contributed by atoms with Gasteiger partial charge in [-0.1, -0.05) is 0 Å². The lowest BCUT2D eigenvalue weighted by atomic mass is 10.1. The predicted octanol–water partition coefficient (Wildman–Crippen LogP) is -0.289. The van der Waals surface area contributed by atoms with E-state index in [0.29, 0.717) is 12.1 Å². The van der Waals surface area contributed by atoms with Gasteiger partial charge in [0.05, 0.1) is 11.4 Å². The Balaban J connectivity index is 0.00000243. The van der Waals surface area contributed by atoms with E-state index >= 15 is 0 Å². The number of nitrogens with zero attached hydrogens (tertiary/aromatic N) is 1. The molecule has 3 rings (SSSR count). The van der Waals surface area contributed by atoms with E-state index in [0.717, 1.165) is 30.2 Å². The highest BCUT2D eigenvalue weighted by molar-refractivity contribution is 7.89. The summed E-state index contributed by atoms with van der Waals surface area (Å²) in [4.78, 5) is 23.8. The molecule has 144 valence electrons. The van der Waals surface area contributed by atoms with Crippen LogP contribution in [0.1, 0.15) is 23.2 Å². The number of rotatable bonds is 4. The Morgan fingerprint density at radius 3 is 2.38 bits per heavy atom. The summed E-state index contributed by atoms with van der Waals surface area (Å²) in [7, 11) is -3.73. The highest BCUT2D eigenvalue weighted by Gasteiger charge is 2.29. The van der Waals surface area contributed by atoms with Crippen molar-refractivity contribution in [1.82, 2.24) is 20.3 Å². The van der Waals surface area contributed by atoms with E-state index in [9.17, 15) is 18.0 Å². The second-order valence-electron chi connectivity index (χ2n) is 6.21. The number of sulfonamides is 1. The average molecular weight is 403 g/mol. The van der Waals surface area contributed by atoms with E-state index in [-0.39, 0.29) is 48.2 Å². The first-order valence-electron chi connectivity index (χ1n) is 8.35. The quantitative estimate of drug-likeness (QED) is 0.641. The Bertz CT molecular complexity index is 748. The predicted molar refractivity (Wildman–Crippen MR) is 98.8 cm³/mol. The summed E-state index contributed by atoms with van der Waals surface area (Å²) in [6.45, 7) is 2.12. The van der Waals surface area contributed by atoms with Crippen LogP contribution in [0.15, 0.2) is 29.2 Å². The lowest BCUT2D eigenvalue weighted by Gasteiger charge is -2.26. The Morgan fingerprint density at radius 1 is 1.12 bits per heavy atom. The third-order valence-corrected chi connectivity index (χ3v) is 6.29. The molecule has 10 heteroatoms. The van der Waals surface area contributed by atoms with Crippen molar-refractivity contribution in [3.63, 3.8) is 0 Å². The molecular formula is C16H23ClN4O4S. The van der Waals surface area contributed by atoms with Gasteiger partial charge in [0.1, 0.15) is 0 Å². The fourth-order valence-electron chi connectivity index (χ4n) is 2.98. The summed E-state index contributed by atoms with van der Waals surface area (Å²) in [6, 6.07) is 5.99. The first kappa shape index (κ1) is 20.6. The van der Waals surface area contributed by atoms with Crippen molar-refractivity contribution in [3.05, 3.63) is 29.8 Å². The first-order valence-corrected chi connectivity index (χ1v) is 9.79. The van der Waals surface area contributed by atoms with Crippen LogP contribution in [0, 0.1) is 0 Å². The number of piperidine rings is 1. The van der Waals surface area contributed by atoms with Gasteiger partial charge in [-0.3, -0.25) is 9.59 Å². The summed E-state index contributed by atoms with van der Waals surface area (Å²) < 4.78 is 26.3.